The van der Waals surface area contributed by atoms with Crippen LogP contribution < -0.4 is 5.32 Å². The van der Waals surface area contributed by atoms with E-state index in [0.717, 1.165) is 30.9 Å². The summed E-state index contributed by atoms with van der Waals surface area (Å²) in [5, 5.41) is 3.06. The Hall–Kier alpha value is -0.870. The zero-order chi connectivity index (χ0) is 13.3. The first-order valence-corrected chi connectivity index (χ1v) is 7.95. The van der Waals surface area contributed by atoms with Crippen molar-refractivity contribution >= 4 is 17.2 Å². The number of ether oxygens (including phenoxy) is 1. The highest BCUT2D eigenvalue weighted by Crippen LogP contribution is 2.29. The van der Waals surface area contributed by atoms with Crippen LogP contribution in [-0.4, -0.2) is 25.7 Å². The fourth-order valence-electron chi connectivity index (χ4n) is 2.71. The van der Waals surface area contributed by atoms with Crippen LogP contribution in [0.15, 0.2) is 6.07 Å². The van der Waals surface area contributed by atoms with Crippen LogP contribution in [0, 0.1) is 5.41 Å². The zero-order valence-electron chi connectivity index (χ0n) is 11.5. The van der Waals surface area contributed by atoms with Gasteiger partial charge in [0, 0.05) is 16.8 Å². The van der Waals surface area contributed by atoms with Crippen molar-refractivity contribution in [1.29, 1.82) is 0 Å². The molecule has 104 valence electrons. The summed E-state index contributed by atoms with van der Waals surface area (Å²) in [5.41, 5.74) is 1.55. The van der Waals surface area contributed by atoms with E-state index < -0.39 is 0 Å². The van der Waals surface area contributed by atoms with Gasteiger partial charge in [0.05, 0.1) is 18.1 Å². The molecule has 2 heterocycles. The maximum absolute atomic E-state index is 12.2. The van der Waals surface area contributed by atoms with Crippen molar-refractivity contribution in [3.05, 3.63) is 21.4 Å². The lowest BCUT2D eigenvalue weighted by molar-refractivity contribution is -0.0978. The van der Waals surface area contributed by atoms with Crippen molar-refractivity contribution in [1.82, 2.24) is 5.32 Å². The fourth-order valence-corrected chi connectivity index (χ4v) is 3.88. The highest BCUT2D eigenvalue weighted by atomic mass is 32.1. The predicted molar refractivity (Wildman–Crippen MR) is 76.8 cm³/mol. The number of amides is 1. The first kappa shape index (κ1) is 13.1. The standard InChI is InChI=1S/C15H21NO2S/c1-15(9-18-10-15)8-16-14(17)13-7-11-5-3-2-4-6-12(11)19-13/h7H,2-6,8-10H2,1H3,(H,16,17). The topological polar surface area (TPSA) is 38.3 Å². The maximum atomic E-state index is 12.2. The summed E-state index contributed by atoms with van der Waals surface area (Å²) in [6.07, 6.45) is 6.15. The lowest BCUT2D eigenvalue weighted by atomic mass is 9.89. The summed E-state index contributed by atoms with van der Waals surface area (Å²) in [7, 11) is 0. The van der Waals surface area contributed by atoms with Crippen molar-refractivity contribution in [3.63, 3.8) is 0 Å². The van der Waals surface area contributed by atoms with Gasteiger partial charge in [0.15, 0.2) is 0 Å². The largest absolute Gasteiger partial charge is 0.380 e. The molecule has 0 atom stereocenters. The number of carbonyl (C=O) groups is 1. The van der Waals surface area contributed by atoms with Crippen molar-refractivity contribution in [3.8, 4) is 0 Å². The van der Waals surface area contributed by atoms with Gasteiger partial charge < -0.3 is 10.1 Å². The average Bonchev–Trinajstić information content (AvgIpc) is 2.65. The van der Waals surface area contributed by atoms with Gasteiger partial charge in [-0.2, -0.15) is 0 Å². The Morgan fingerprint density at radius 3 is 2.89 bits per heavy atom. The van der Waals surface area contributed by atoms with E-state index in [-0.39, 0.29) is 11.3 Å². The maximum Gasteiger partial charge on any atom is 0.261 e. The Labute approximate surface area is 118 Å². The van der Waals surface area contributed by atoms with Crippen LogP contribution in [0.4, 0.5) is 0 Å². The number of carbonyl (C=O) groups excluding carboxylic acids is 1. The summed E-state index contributed by atoms with van der Waals surface area (Å²) in [4.78, 5) is 14.5. The minimum atomic E-state index is 0.0891. The number of aryl methyl sites for hydroxylation is 2. The normalized spacial score (nSPS) is 21.1. The summed E-state index contributed by atoms with van der Waals surface area (Å²) in [6.45, 7) is 4.39. The van der Waals surface area contributed by atoms with Crippen LogP contribution >= 0.6 is 11.3 Å². The van der Waals surface area contributed by atoms with E-state index in [1.54, 1.807) is 11.3 Å². The van der Waals surface area contributed by atoms with Crippen LogP contribution in [0.5, 0.6) is 0 Å². The molecule has 0 spiro atoms. The molecule has 0 aromatic carbocycles. The number of hydrogen-bond acceptors (Lipinski definition) is 3. The highest BCUT2D eigenvalue weighted by Gasteiger charge is 2.33. The van der Waals surface area contributed by atoms with E-state index in [1.807, 2.05) is 0 Å². The van der Waals surface area contributed by atoms with Gasteiger partial charge >= 0.3 is 0 Å². The van der Waals surface area contributed by atoms with Crippen LogP contribution in [0.25, 0.3) is 0 Å². The number of rotatable bonds is 3. The van der Waals surface area contributed by atoms with Gasteiger partial charge in [-0.3, -0.25) is 4.79 Å². The summed E-state index contributed by atoms with van der Waals surface area (Å²) in [6, 6.07) is 2.11. The fraction of sp³-hybridized carbons (Fsp3) is 0.667. The van der Waals surface area contributed by atoms with Crippen LogP contribution in [0.1, 0.15) is 46.3 Å². The molecule has 1 amide bonds. The molecule has 3 rings (SSSR count). The Morgan fingerprint density at radius 2 is 2.16 bits per heavy atom. The first-order chi connectivity index (χ1) is 9.16. The van der Waals surface area contributed by atoms with Crippen molar-refractivity contribution in [2.75, 3.05) is 19.8 Å². The van der Waals surface area contributed by atoms with Gasteiger partial charge in [0.1, 0.15) is 0 Å². The second kappa shape index (κ2) is 5.25. The molecule has 2 aliphatic rings. The van der Waals surface area contributed by atoms with Gasteiger partial charge in [0.25, 0.3) is 5.91 Å². The molecule has 4 heteroatoms. The minimum Gasteiger partial charge on any atom is -0.380 e. The zero-order valence-corrected chi connectivity index (χ0v) is 12.3. The Kier molecular flexibility index (Phi) is 3.63. The Morgan fingerprint density at radius 1 is 1.37 bits per heavy atom. The smallest absolute Gasteiger partial charge is 0.261 e. The van der Waals surface area contributed by atoms with Crippen LogP contribution in [0.3, 0.4) is 0 Å². The molecule has 3 nitrogen and oxygen atoms in total. The van der Waals surface area contributed by atoms with Gasteiger partial charge in [-0.25, -0.2) is 0 Å². The number of fused-ring (bicyclic) bond motifs is 1. The lowest BCUT2D eigenvalue weighted by Gasteiger charge is -2.37. The summed E-state index contributed by atoms with van der Waals surface area (Å²) in [5.74, 6) is 0.0891. The van der Waals surface area contributed by atoms with Crippen LogP contribution in [0.2, 0.25) is 0 Å². The third-order valence-corrected chi connectivity index (χ3v) is 5.28. The molecule has 0 unspecified atom stereocenters. The van der Waals surface area contributed by atoms with E-state index in [4.69, 9.17) is 4.74 Å². The predicted octanol–water partition coefficient (Wildman–Crippen LogP) is 2.78. The molecule has 1 aromatic rings. The van der Waals surface area contributed by atoms with Crippen LogP contribution in [-0.2, 0) is 17.6 Å². The summed E-state index contributed by atoms with van der Waals surface area (Å²) < 4.78 is 5.21. The first-order valence-electron chi connectivity index (χ1n) is 7.14. The molecule has 0 bridgehead atoms. The second-order valence-corrected chi connectivity index (χ2v) is 7.24. The van der Waals surface area contributed by atoms with E-state index in [1.165, 1.54) is 29.7 Å². The minimum absolute atomic E-state index is 0.0891. The Bertz CT molecular complexity index is 453. The molecular formula is C15H21NO2S. The van der Waals surface area contributed by atoms with E-state index in [2.05, 4.69) is 18.3 Å². The van der Waals surface area contributed by atoms with E-state index in [9.17, 15) is 4.79 Å². The average molecular weight is 279 g/mol. The summed E-state index contributed by atoms with van der Waals surface area (Å²) >= 11 is 1.69. The molecule has 1 saturated heterocycles. The molecule has 1 aliphatic heterocycles. The third-order valence-electron chi connectivity index (χ3n) is 4.05. The van der Waals surface area contributed by atoms with Crippen molar-refractivity contribution in [2.45, 2.75) is 39.0 Å². The molecule has 0 radical (unpaired) electrons. The number of nitrogens with one attached hydrogen (secondary N) is 1. The molecule has 1 aromatic heterocycles. The Balaban J connectivity index is 1.63. The molecule has 0 saturated carbocycles. The van der Waals surface area contributed by atoms with Gasteiger partial charge in [-0.05, 0) is 37.3 Å². The molecule has 1 aliphatic carbocycles. The number of thiophene rings is 1. The van der Waals surface area contributed by atoms with E-state index >= 15 is 0 Å². The van der Waals surface area contributed by atoms with Gasteiger partial charge in [-0.1, -0.05) is 13.3 Å². The highest BCUT2D eigenvalue weighted by molar-refractivity contribution is 7.14. The van der Waals surface area contributed by atoms with Crippen molar-refractivity contribution in [2.24, 2.45) is 5.41 Å². The van der Waals surface area contributed by atoms with Gasteiger partial charge in [0.2, 0.25) is 0 Å². The monoisotopic (exact) mass is 279 g/mol. The molecule has 1 fully saturated rings. The molecular weight excluding hydrogens is 258 g/mol. The quantitative estimate of drug-likeness (QED) is 0.864. The van der Waals surface area contributed by atoms with Gasteiger partial charge in [-0.15, -0.1) is 11.3 Å². The number of hydrogen-bond donors (Lipinski definition) is 1. The SMILES string of the molecule is CC1(CNC(=O)c2cc3c(s2)CCCCC3)COC1. The lowest BCUT2D eigenvalue weighted by Crippen LogP contribution is -2.48. The molecule has 19 heavy (non-hydrogen) atoms. The second-order valence-electron chi connectivity index (χ2n) is 6.11. The van der Waals surface area contributed by atoms with E-state index in [0.29, 0.717) is 6.54 Å². The third kappa shape index (κ3) is 2.84. The molecule has 1 N–H and O–H groups in total. The van der Waals surface area contributed by atoms with Crippen molar-refractivity contribution < 1.29 is 9.53 Å².